The monoisotopic (exact) mass is 170 g/mol. The van der Waals surface area contributed by atoms with Gasteiger partial charge in [0.2, 0.25) is 0 Å². The Kier molecular flexibility index (Phi) is 1.33. The quantitative estimate of drug-likeness (QED) is 0.575. The third kappa shape index (κ3) is 0.647. The zero-order valence-corrected chi connectivity index (χ0v) is 8.09. The molecule has 2 heteroatoms. The molecule has 0 heterocycles. The van der Waals surface area contributed by atoms with Crippen LogP contribution in [0.4, 0.5) is 0 Å². The third-order valence-electron chi connectivity index (χ3n) is 4.50. The predicted molar refractivity (Wildman–Crippen MR) is 46.7 cm³/mol. The van der Waals surface area contributed by atoms with Gasteiger partial charge in [0.1, 0.15) is 0 Å². The molecule has 2 nitrogen and oxygen atoms in total. The Labute approximate surface area is 73.6 Å². The molecule has 0 amide bonds. The average molecular weight is 170 g/mol. The van der Waals surface area contributed by atoms with Gasteiger partial charge in [-0.2, -0.15) is 0 Å². The lowest BCUT2D eigenvalue weighted by Gasteiger charge is -2.68. The summed E-state index contributed by atoms with van der Waals surface area (Å²) in [4.78, 5) is 0. The van der Waals surface area contributed by atoms with E-state index in [2.05, 4.69) is 13.8 Å². The van der Waals surface area contributed by atoms with E-state index >= 15 is 0 Å². The first-order valence-corrected chi connectivity index (χ1v) is 4.76. The van der Waals surface area contributed by atoms with Crippen LogP contribution in [0, 0.1) is 11.3 Å². The Morgan fingerprint density at radius 1 is 1.17 bits per heavy atom. The van der Waals surface area contributed by atoms with E-state index in [1.165, 1.54) is 0 Å². The molecule has 3 fully saturated rings. The molecule has 0 aliphatic heterocycles. The second kappa shape index (κ2) is 1.88. The summed E-state index contributed by atoms with van der Waals surface area (Å²) in [5.74, 6) is 0.614. The minimum atomic E-state index is -0.870. The van der Waals surface area contributed by atoms with E-state index in [0.29, 0.717) is 5.92 Å². The van der Waals surface area contributed by atoms with Crippen molar-refractivity contribution < 1.29 is 10.2 Å². The van der Waals surface area contributed by atoms with Crippen LogP contribution in [0.1, 0.15) is 40.0 Å². The van der Waals surface area contributed by atoms with Crippen molar-refractivity contribution in [2.45, 2.75) is 51.2 Å². The molecular weight excluding hydrogens is 152 g/mol. The molecule has 3 aliphatic carbocycles. The molecule has 0 unspecified atom stereocenters. The van der Waals surface area contributed by atoms with Crippen molar-refractivity contribution in [3.63, 3.8) is 0 Å². The lowest BCUT2D eigenvalue weighted by molar-refractivity contribution is -0.312. The maximum Gasteiger partial charge on any atom is 0.0986 e. The standard InChI is InChI=1S/C10H18O2/c1-8(2)7-4-5-9(3,11)10(8,12)6-7/h7,11-12H,4-6H2,1-3H3/t7-,9-,10-/m0/s1. The summed E-state index contributed by atoms with van der Waals surface area (Å²) in [5, 5.41) is 20.3. The van der Waals surface area contributed by atoms with Crippen molar-refractivity contribution in [2.24, 2.45) is 11.3 Å². The number of rotatable bonds is 0. The fourth-order valence-electron chi connectivity index (χ4n) is 3.12. The highest BCUT2D eigenvalue weighted by molar-refractivity contribution is 5.20. The SMILES string of the molecule is CC1(C)[C@H]2CC[C@](C)(O)[C@]1(O)C2. The van der Waals surface area contributed by atoms with Gasteiger partial charge in [-0.25, -0.2) is 0 Å². The van der Waals surface area contributed by atoms with Gasteiger partial charge in [0.15, 0.2) is 0 Å². The summed E-state index contributed by atoms with van der Waals surface area (Å²) in [6, 6.07) is 0. The topological polar surface area (TPSA) is 40.5 Å². The molecule has 0 aromatic rings. The van der Waals surface area contributed by atoms with Crippen LogP contribution < -0.4 is 0 Å². The highest BCUT2D eigenvalue weighted by Gasteiger charge is 2.69. The van der Waals surface area contributed by atoms with Crippen LogP contribution >= 0.6 is 0 Å². The summed E-state index contributed by atoms with van der Waals surface area (Å²) in [6.07, 6.45) is 2.59. The molecule has 2 N–H and O–H groups in total. The summed E-state index contributed by atoms with van der Waals surface area (Å²) in [5.41, 5.74) is -1.79. The first-order valence-electron chi connectivity index (χ1n) is 4.76. The summed E-state index contributed by atoms with van der Waals surface area (Å²) < 4.78 is 0. The normalized spacial score (nSPS) is 56.2. The van der Waals surface area contributed by atoms with Crippen LogP contribution in [0.3, 0.4) is 0 Å². The summed E-state index contributed by atoms with van der Waals surface area (Å²) >= 11 is 0. The average Bonchev–Trinajstić information content (AvgIpc) is 1.94. The van der Waals surface area contributed by atoms with Crippen LogP contribution in [0.2, 0.25) is 0 Å². The molecule has 0 aromatic heterocycles. The van der Waals surface area contributed by atoms with Crippen LogP contribution in [0.25, 0.3) is 0 Å². The fraction of sp³-hybridized carbons (Fsp3) is 1.00. The molecule has 70 valence electrons. The Hall–Kier alpha value is -0.0800. The zero-order chi connectivity index (χ0) is 9.20. The van der Waals surface area contributed by atoms with Crippen molar-refractivity contribution in [1.29, 1.82) is 0 Å². The van der Waals surface area contributed by atoms with Gasteiger partial charge in [0.25, 0.3) is 0 Å². The maximum atomic E-state index is 10.2. The van der Waals surface area contributed by atoms with E-state index < -0.39 is 11.2 Å². The summed E-state index contributed by atoms with van der Waals surface area (Å²) in [6.45, 7) is 5.90. The van der Waals surface area contributed by atoms with Crippen molar-refractivity contribution in [2.75, 3.05) is 0 Å². The molecule has 0 radical (unpaired) electrons. The molecule has 0 aromatic carbocycles. The van der Waals surface area contributed by atoms with Crippen molar-refractivity contribution in [3.8, 4) is 0 Å². The molecule has 3 aliphatic rings. The Morgan fingerprint density at radius 3 is 2.08 bits per heavy atom. The molecule has 0 saturated heterocycles. The highest BCUT2D eigenvalue weighted by Crippen LogP contribution is 2.65. The zero-order valence-electron chi connectivity index (χ0n) is 8.09. The summed E-state index contributed by atoms with van der Waals surface area (Å²) in [7, 11) is 0. The van der Waals surface area contributed by atoms with Gasteiger partial charge in [0, 0.05) is 0 Å². The van der Waals surface area contributed by atoms with E-state index in [-0.39, 0.29) is 5.41 Å². The lowest BCUT2D eigenvalue weighted by atomic mass is 9.41. The number of hydrogen-bond donors (Lipinski definition) is 2. The lowest BCUT2D eigenvalue weighted by Crippen LogP contribution is -2.74. The highest BCUT2D eigenvalue weighted by atomic mass is 16.4. The Balaban J connectivity index is 2.37. The van der Waals surface area contributed by atoms with E-state index in [1.54, 1.807) is 6.92 Å². The van der Waals surface area contributed by atoms with E-state index in [9.17, 15) is 10.2 Å². The van der Waals surface area contributed by atoms with Gasteiger partial charge >= 0.3 is 0 Å². The van der Waals surface area contributed by atoms with E-state index in [4.69, 9.17) is 0 Å². The van der Waals surface area contributed by atoms with E-state index in [0.717, 1.165) is 19.3 Å². The van der Waals surface area contributed by atoms with Crippen LogP contribution in [0.15, 0.2) is 0 Å². The molecule has 2 bridgehead atoms. The molecule has 3 saturated carbocycles. The second-order valence-electron chi connectivity index (χ2n) is 5.30. The molecule has 0 spiro atoms. The molecule has 3 atom stereocenters. The maximum absolute atomic E-state index is 10.2. The van der Waals surface area contributed by atoms with Gasteiger partial charge in [-0.05, 0) is 37.5 Å². The minimum absolute atomic E-state index is 0.0885. The van der Waals surface area contributed by atoms with Gasteiger partial charge in [-0.3, -0.25) is 0 Å². The third-order valence-corrected chi connectivity index (χ3v) is 4.50. The second-order valence-corrected chi connectivity index (χ2v) is 5.30. The van der Waals surface area contributed by atoms with Gasteiger partial charge in [0.05, 0.1) is 11.2 Å². The van der Waals surface area contributed by atoms with Gasteiger partial charge < -0.3 is 10.2 Å². The number of aliphatic hydroxyl groups is 2. The first-order chi connectivity index (χ1) is 5.31. The number of fused-ring (bicyclic) bond motifs is 2. The molecular formula is C10H18O2. The fourth-order valence-corrected chi connectivity index (χ4v) is 3.12. The van der Waals surface area contributed by atoms with Gasteiger partial charge in [-0.1, -0.05) is 13.8 Å². The Morgan fingerprint density at radius 2 is 1.75 bits per heavy atom. The number of hydrogen-bond acceptors (Lipinski definition) is 2. The van der Waals surface area contributed by atoms with Crippen molar-refractivity contribution in [3.05, 3.63) is 0 Å². The van der Waals surface area contributed by atoms with Crippen molar-refractivity contribution >= 4 is 0 Å². The first kappa shape index (κ1) is 8.52. The van der Waals surface area contributed by atoms with Crippen LogP contribution in [-0.2, 0) is 0 Å². The van der Waals surface area contributed by atoms with Crippen LogP contribution in [-0.4, -0.2) is 21.4 Å². The largest absolute Gasteiger partial charge is 0.387 e. The van der Waals surface area contributed by atoms with E-state index in [1.807, 2.05) is 0 Å². The van der Waals surface area contributed by atoms with Crippen LogP contribution in [0.5, 0.6) is 0 Å². The molecule has 12 heavy (non-hydrogen) atoms. The predicted octanol–water partition coefficient (Wildman–Crippen LogP) is 1.31. The van der Waals surface area contributed by atoms with Gasteiger partial charge in [-0.15, -0.1) is 0 Å². The molecule has 3 rings (SSSR count). The Bertz CT molecular complexity index is 210. The minimum Gasteiger partial charge on any atom is -0.387 e. The smallest absolute Gasteiger partial charge is 0.0986 e. The van der Waals surface area contributed by atoms with Crippen molar-refractivity contribution in [1.82, 2.24) is 0 Å².